The topological polar surface area (TPSA) is 90.0 Å². The number of oxazole rings is 1. The van der Waals surface area contributed by atoms with Crippen LogP contribution in [0.15, 0.2) is 76.0 Å². The maximum Gasteiger partial charge on any atom is 0.416 e. The molecule has 0 aliphatic heterocycles. The summed E-state index contributed by atoms with van der Waals surface area (Å²) in [7, 11) is 3.07. The molecule has 2 aromatic heterocycles. The second-order valence-electron chi connectivity index (χ2n) is 8.41. The highest BCUT2D eigenvalue weighted by Crippen LogP contribution is 2.31. The fraction of sp³-hybridized carbons (Fsp3) is 0.259. The van der Waals surface area contributed by atoms with Crippen LogP contribution in [0.3, 0.4) is 0 Å². The molecule has 0 saturated heterocycles. The Morgan fingerprint density at radius 3 is 2.55 bits per heavy atom. The SMILES string of the molecule is COc1ccc(CN(Cc2cccc(C(F)(F)F)c2)Cc2nc(C(=O)NCc3ccco3)co2)c(OC)c1. The van der Waals surface area contributed by atoms with Gasteiger partial charge in [0.05, 0.1) is 39.1 Å². The second kappa shape index (κ2) is 11.9. The molecule has 0 unspecified atom stereocenters. The molecule has 8 nitrogen and oxygen atoms in total. The van der Waals surface area contributed by atoms with E-state index < -0.39 is 17.6 Å². The summed E-state index contributed by atoms with van der Waals surface area (Å²) in [5, 5.41) is 2.69. The van der Waals surface area contributed by atoms with Gasteiger partial charge in [-0.05, 0) is 29.8 Å². The molecule has 4 rings (SSSR count). The standard InChI is InChI=1S/C27H26F3N3O5/c1-35-21-9-8-19(24(12-21)36-2)15-33(14-18-5-3-6-20(11-18)27(28,29)30)16-25-32-23(17-38-25)26(34)31-13-22-7-4-10-37-22/h3-12,17H,13-16H2,1-2H3,(H,31,34). The van der Waals surface area contributed by atoms with Gasteiger partial charge in [0.1, 0.15) is 23.5 Å². The molecule has 2 heterocycles. The first-order chi connectivity index (χ1) is 18.2. The van der Waals surface area contributed by atoms with Gasteiger partial charge in [0.15, 0.2) is 5.69 Å². The summed E-state index contributed by atoms with van der Waals surface area (Å²) < 4.78 is 61.3. The van der Waals surface area contributed by atoms with Gasteiger partial charge in [-0.3, -0.25) is 9.69 Å². The lowest BCUT2D eigenvalue weighted by molar-refractivity contribution is -0.137. The van der Waals surface area contributed by atoms with E-state index in [0.717, 1.165) is 17.7 Å². The number of furan rings is 1. The van der Waals surface area contributed by atoms with E-state index in [1.54, 1.807) is 37.4 Å². The highest BCUT2D eigenvalue weighted by Gasteiger charge is 2.30. The number of hydrogen-bond acceptors (Lipinski definition) is 7. The van der Waals surface area contributed by atoms with E-state index in [4.69, 9.17) is 18.3 Å². The van der Waals surface area contributed by atoms with Gasteiger partial charge in [-0.2, -0.15) is 13.2 Å². The summed E-state index contributed by atoms with van der Waals surface area (Å²) in [5.41, 5.74) is 0.578. The van der Waals surface area contributed by atoms with Gasteiger partial charge in [0.2, 0.25) is 5.89 Å². The van der Waals surface area contributed by atoms with Crippen molar-refractivity contribution in [3.8, 4) is 11.5 Å². The minimum absolute atomic E-state index is 0.0765. The molecule has 1 N–H and O–H groups in total. The lowest BCUT2D eigenvalue weighted by Gasteiger charge is -2.23. The molecule has 2 aromatic carbocycles. The highest BCUT2D eigenvalue weighted by molar-refractivity contribution is 5.91. The number of amides is 1. The maximum atomic E-state index is 13.3. The summed E-state index contributed by atoms with van der Waals surface area (Å²) in [6.45, 7) is 0.761. The lowest BCUT2D eigenvalue weighted by atomic mass is 10.1. The first-order valence-electron chi connectivity index (χ1n) is 11.6. The van der Waals surface area contributed by atoms with Crippen LogP contribution in [0, 0.1) is 0 Å². The molecule has 0 aliphatic carbocycles. The number of methoxy groups -OCH3 is 2. The Morgan fingerprint density at radius 2 is 1.84 bits per heavy atom. The van der Waals surface area contributed by atoms with Gasteiger partial charge in [0.25, 0.3) is 5.91 Å². The van der Waals surface area contributed by atoms with Crippen LogP contribution < -0.4 is 14.8 Å². The van der Waals surface area contributed by atoms with Crippen molar-refractivity contribution in [1.82, 2.24) is 15.2 Å². The molecule has 0 spiro atoms. The molecule has 0 atom stereocenters. The van der Waals surface area contributed by atoms with Gasteiger partial charge in [-0.1, -0.05) is 24.3 Å². The van der Waals surface area contributed by atoms with Crippen LogP contribution in [0.25, 0.3) is 0 Å². The molecular weight excluding hydrogens is 503 g/mol. The predicted octanol–water partition coefficient (Wildman–Crippen LogP) is 5.44. The van der Waals surface area contributed by atoms with Crippen LogP contribution in [0.5, 0.6) is 11.5 Å². The van der Waals surface area contributed by atoms with Crippen LogP contribution in [0.4, 0.5) is 13.2 Å². The van der Waals surface area contributed by atoms with E-state index in [1.807, 2.05) is 11.0 Å². The van der Waals surface area contributed by atoms with Crippen LogP contribution in [-0.2, 0) is 32.4 Å². The van der Waals surface area contributed by atoms with Crippen molar-refractivity contribution in [3.05, 3.63) is 101 Å². The molecule has 0 fully saturated rings. The van der Waals surface area contributed by atoms with Gasteiger partial charge >= 0.3 is 6.18 Å². The average Bonchev–Trinajstić information content (AvgIpc) is 3.60. The normalized spacial score (nSPS) is 11.5. The number of halogens is 3. The van der Waals surface area contributed by atoms with Gasteiger partial charge in [0, 0.05) is 24.7 Å². The van der Waals surface area contributed by atoms with Crippen LogP contribution >= 0.6 is 0 Å². The third-order valence-electron chi connectivity index (χ3n) is 5.70. The zero-order valence-electron chi connectivity index (χ0n) is 20.7. The number of carbonyl (C=O) groups excluding carboxylic acids is 1. The largest absolute Gasteiger partial charge is 0.497 e. The van der Waals surface area contributed by atoms with Crippen molar-refractivity contribution in [2.45, 2.75) is 32.4 Å². The summed E-state index contributed by atoms with van der Waals surface area (Å²) in [5.74, 6) is 1.53. The van der Waals surface area contributed by atoms with E-state index in [9.17, 15) is 18.0 Å². The minimum Gasteiger partial charge on any atom is -0.497 e. The number of carbonyl (C=O) groups is 1. The monoisotopic (exact) mass is 529 g/mol. The van der Waals surface area contributed by atoms with Gasteiger partial charge in [-0.25, -0.2) is 4.98 Å². The van der Waals surface area contributed by atoms with Crippen molar-refractivity contribution in [1.29, 1.82) is 0 Å². The Bertz CT molecular complexity index is 1350. The molecule has 0 radical (unpaired) electrons. The van der Waals surface area contributed by atoms with Crippen LogP contribution in [0.2, 0.25) is 0 Å². The molecule has 0 aliphatic rings. The fourth-order valence-corrected chi connectivity index (χ4v) is 3.85. The maximum absolute atomic E-state index is 13.3. The highest BCUT2D eigenvalue weighted by atomic mass is 19.4. The molecular formula is C27H26F3N3O5. The summed E-state index contributed by atoms with van der Waals surface area (Å²) in [6, 6.07) is 13.9. The Balaban J connectivity index is 1.54. The second-order valence-corrected chi connectivity index (χ2v) is 8.41. The van der Waals surface area contributed by atoms with Crippen molar-refractivity contribution in [2.24, 2.45) is 0 Å². The summed E-state index contributed by atoms with van der Waals surface area (Å²) in [4.78, 5) is 18.6. The number of nitrogens with one attached hydrogen (secondary N) is 1. The number of rotatable bonds is 11. The number of nitrogens with zero attached hydrogens (tertiary/aromatic N) is 2. The number of hydrogen-bond donors (Lipinski definition) is 1. The van der Waals surface area contributed by atoms with Crippen molar-refractivity contribution in [2.75, 3.05) is 14.2 Å². The third-order valence-corrected chi connectivity index (χ3v) is 5.70. The van der Waals surface area contributed by atoms with E-state index in [2.05, 4.69) is 10.3 Å². The fourth-order valence-electron chi connectivity index (χ4n) is 3.85. The Labute approximate surface area is 217 Å². The van der Waals surface area contributed by atoms with Crippen LogP contribution in [0.1, 0.15) is 38.8 Å². The molecule has 11 heteroatoms. The Morgan fingerprint density at radius 1 is 1.00 bits per heavy atom. The van der Waals surface area contributed by atoms with Crippen LogP contribution in [-0.4, -0.2) is 30.0 Å². The third kappa shape index (κ3) is 6.94. The van der Waals surface area contributed by atoms with E-state index in [1.165, 1.54) is 25.7 Å². The smallest absolute Gasteiger partial charge is 0.416 e. The van der Waals surface area contributed by atoms with Crippen molar-refractivity contribution < 1.29 is 36.3 Å². The predicted molar refractivity (Wildman–Crippen MR) is 130 cm³/mol. The Kier molecular flexibility index (Phi) is 8.37. The first-order valence-corrected chi connectivity index (χ1v) is 11.6. The van der Waals surface area contributed by atoms with E-state index in [-0.39, 0.29) is 31.2 Å². The zero-order chi connectivity index (χ0) is 27.1. The van der Waals surface area contributed by atoms with Gasteiger partial charge < -0.3 is 23.6 Å². The molecule has 200 valence electrons. The van der Waals surface area contributed by atoms with Crippen molar-refractivity contribution >= 4 is 5.91 Å². The zero-order valence-corrected chi connectivity index (χ0v) is 20.7. The molecule has 4 aromatic rings. The number of ether oxygens (including phenoxy) is 2. The Hall–Kier alpha value is -4.25. The minimum atomic E-state index is -4.46. The number of benzene rings is 2. The quantitative estimate of drug-likeness (QED) is 0.277. The molecule has 0 saturated carbocycles. The van der Waals surface area contributed by atoms with E-state index in [0.29, 0.717) is 29.4 Å². The summed E-state index contributed by atoms with van der Waals surface area (Å²) >= 11 is 0. The van der Waals surface area contributed by atoms with Crippen molar-refractivity contribution in [3.63, 3.8) is 0 Å². The summed E-state index contributed by atoms with van der Waals surface area (Å²) in [6.07, 6.45) is -1.71. The molecule has 1 amide bonds. The molecule has 38 heavy (non-hydrogen) atoms. The van der Waals surface area contributed by atoms with Gasteiger partial charge in [-0.15, -0.1) is 0 Å². The lowest BCUT2D eigenvalue weighted by Crippen LogP contribution is -2.24. The number of aromatic nitrogens is 1. The number of alkyl halides is 3. The average molecular weight is 530 g/mol. The molecule has 0 bridgehead atoms. The first kappa shape index (κ1) is 26.8. The van der Waals surface area contributed by atoms with E-state index >= 15 is 0 Å².